The molecule has 0 radical (unpaired) electrons. The van der Waals surface area contributed by atoms with Gasteiger partial charge in [0.05, 0.1) is 4.90 Å². The van der Waals surface area contributed by atoms with E-state index in [1.165, 1.54) is 11.3 Å². The van der Waals surface area contributed by atoms with E-state index in [9.17, 15) is 8.42 Å². The van der Waals surface area contributed by atoms with Crippen molar-refractivity contribution in [1.82, 2.24) is 9.62 Å². The van der Waals surface area contributed by atoms with Gasteiger partial charge in [-0.2, -0.15) is 0 Å². The Morgan fingerprint density at radius 2 is 2.16 bits per heavy atom. The molecule has 1 fully saturated rings. The molecule has 1 heterocycles. The number of hydrogen-bond acceptors (Lipinski definition) is 5. The van der Waals surface area contributed by atoms with Crippen molar-refractivity contribution in [3.8, 4) is 0 Å². The van der Waals surface area contributed by atoms with E-state index in [2.05, 4.69) is 9.62 Å². The third-order valence-electron chi connectivity index (χ3n) is 4.00. The summed E-state index contributed by atoms with van der Waals surface area (Å²) in [6, 6.07) is 1.62. The lowest BCUT2D eigenvalue weighted by atomic mass is 9.76. The molecule has 0 amide bonds. The molecular formula is C12H21N3O2S2. The van der Waals surface area contributed by atoms with Gasteiger partial charge in [-0.1, -0.05) is 0 Å². The summed E-state index contributed by atoms with van der Waals surface area (Å²) in [7, 11) is 0.558. The molecule has 0 atom stereocenters. The predicted molar refractivity (Wildman–Crippen MR) is 77.7 cm³/mol. The molecule has 1 aromatic rings. The second-order valence-corrected chi connectivity index (χ2v) is 7.95. The van der Waals surface area contributed by atoms with Gasteiger partial charge in [0.1, 0.15) is 0 Å². The lowest BCUT2D eigenvalue weighted by molar-refractivity contribution is 0.0657. The topological polar surface area (TPSA) is 75.4 Å². The zero-order valence-corrected chi connectivity index (χ0v) is 13.0. The van der Waals surface area contributed by atoms with Gasteiger partial charge in [0.2, 0.25) is 10.0 Å². The number of nitrogens with one attached hydrogen (secondary N) is 1. The number of nitrogens with zero attached hydrogens (tertiary/aromatic N) is 1. The molecule has 7 heteroatoms. The lowest BCUT2D eigenvalue weighted by Gasteiger charge is -2.47. The van der Waals surface area contributed by atoms with E-state index in [-0.39, 0.29) is 12.1 Å². The first-order valence-corrected chi connectivity index (χ1v) is 8.71. The molecule has 1 aliphatic rings. The number of hydrogen-bond donors (Lipinski definition) is 2. The van der Waals surface area contributed by atoms with Gasteiger partial charge in [0.25, 0.3) is 0 Å². The van der Waals surface area contributed by atoms with Gasteiger partial charge in [-0.05, 0) is 44.8 Å². The molecule has 5 nitrogen and oxygen atoms in total. The monoisotopic (exact) mass is 303 g/mol. The Morgan fingerprint density at radius 3 is 2.63 bits per heavy atom. The average molecular weight is 303 g/mol. The van der Waals surface area contributed by atoms with Crippen molar-refractivity contribution in [2.75, 3.05) is 20.6 Å². The molecule has 1 aliphatic carbocycles. The zero-order chi connectivity index (χ0) is 14.1. The summed E-state index contributed by atoms with van der Waals surface area (Å²) in [5.74, 6) is 0. The van der Waals surface area contributed by atoms with Gasteiger partial charge in [-0.25, -0.2) is 13.1 Å². The van der Waals surface area contributed by atoms with Crippen LogP contribution in [0.25, 0.3) is 0 Å². The van der Waals surface area contributed by atoms with E-state index in [0.717, 1.165) is 19.3 Å². The molecule has 0 saturated heterocycles. The summed E-state index contributed by atoms with van der Waals surface area (Å²) in [6.45, 7) is 0.717. The third-order valence-corrected chi connectivity index (χ3v) is 6.56. The quantitative estimate of drug-likeness (QED) is 0.821. The fourth-order valence-electron chi connectivity index (χ4n) is 2.39. The van der Waals surface area contributed by atoms with E-state index in [4.69, 9.17) is 5.73 Å². The maximum absolute atomic E-state index is 12.3. The molecule has 1 aromatic heterocycles. The smallest absolute Gasteiger partial charge is 0.241 e. The zero-order valence-electron chi connectivity index (χ0n) is 11.3. The van der Waals surface area contributed by atoms with Crippen LogP contribution in [0.3, 0.4) is 0 Å². The van der Waals surface area contributed by atoms with Crippen molar-refractivity contribution in [3.05, 3.63) is 16.3 Å². The summed E-state index contributed by atoms with van der Waals surface area (Å²) in [4.78, 5) is 3.16. The summed E-state index contributed by atoms with van der Waals surface area (Å²) >= 11 is 1.38. The molecule has 0 aromatic carbocycles. The van der Waals surface area contributed by atoms with Gasteiger partial charge in [0.15, 0.2) is 0 Å². The Labute approximate surface area is 118 Å². The van der Waals surface area contributed by atoms with Crippen LogP contribution in [0.4, 0.5) is 0 Å². The molecule has 0 aliphatic heterocycles. The van der Waals surface area contributed by atoms with Crippen LogP contribution in [-0.4, -0.2) is 39.5 Å². The summed E-state index contributed by atoms with van der Waals surface area (Å²) in [5.41, 5.74) is 5.55. The van der Waals surface area contributed by atoms with Crippen LogP contribution in [0, 0.1) is 0 Å². The Balaban J connectivity index is 2.10. The van der Waals surface area contributed by atoms with Crippen molar-refractivity contribution in [2.24, 2.45) is 5.73 Å². The van der Waals surface area contributed by atoms with Crippen molar-refractivity contribution < 1.29 is 8.42 Å². The standard InChI is InChI=1S/C12H21N3O2S2/c1-15(2)12(5-3-6-12)9-14-19(16,17)11-4-7-18-10(11)8-13/h4,7,14H,3,5-6,8-9,13H2,1-2H3. The van der Waals surface area contributed by atoms with E-state index < -0.39 is 10.0 Å². The number of sulfonamides is 1. The van der Waals surface area contributed by atoms with Gasteiger partial charge < -0.3 is 10.6 Å². The third kappa shape index (κ3) is 2.85. The van der Waals surface area contributed by atoms with Crippen LogP contribution in [0.2, 0.25) is 0 Å². The van der Waals surface area contributed by atoms with Gasteiger partial charge in [-0.3, -0.25) is 0 Å². The highest BCUT2D eigenvalue weighted by molar-refractivity contribution is 7.89. The normalized spacial score (nSPS) is 18.5. The number of nitrogens with two attached hydrogens (primary N) is 1. The first-order valence-electron chi connectivity index (χ1n) is 6.35. The molecular weight excluding hydrogens is 282 g/mol. The van der Waals surface area contributed by atoms with Crippen molar-refractivity contribution in [2.45, 2.75) is 36.2 Å². The van der Waals surface area contributed by atoms with Crippen molar-refractivity contribution >= 4 is 21.4 Å². The molecule has 0 spiro atoms. The second kappa shape index (κ2) is 5.49. The Bertz CT molecular complexity index is 533. The lowest BCUT2D eigenvalue weighted by Crippen LogP contribution is -2.57. The highest BCUT2D eigenvalue weighted by Gasteiger charge is 2.40. The van der Waals surface area contributed by atoms with Crippen LogP contribution in [0.15, 0.2) is 16.3 Å². The van der Waals surface area contributed by atoms with E-state index >= 15 is 0 Å². The Hall–Kier alpha value is -0.470. The van der Waals surface area contributed by atoms with Gasteiger partial charge in [0, 0.05) is 23.5 Å². The van der Waals surface area contributed by atoms with E-state index in [0.29, 0.717) is 16.3 Å². The summed E-state index contributed by atoms with van der Waals surface area (Å²) < 4.78 is 27.3. The van der Waals surface area contributed by atoms with Crippen LogP contribution >= 0.6 is 11.3 Å². The fourth-order valence-corrected chi connectivity index (χ4v) is 4.84. The number of thiophene rings is 1. The predicted octanol–water partition coefficient (Wildman–Crippen LogP) is 0.969. The van der Waals surface area contributed by atoms with Gasteiger partial charge >= 0.3 is 0 Å². The molecule has 2 rings (SSSR count). The summed E-state index contributed by atoms with van der Waals surface area (Å²) in [6.07, 6.45) is 3.23. The molecule has 19 heavy (non-hydrogen) atoms. The Morgan fingerprint density at radius 1 is 1.47 bits per heavy atom. The Kier molecular flexibility index (Phi) is 4.32. The van der Waals surface area contributed by atoms with Crippen LogP contribution < -0.4 is 10.5 Å². The van der Waals surface area contributed by atoms with Crippen molar-refractivity contribution in [1.29, 1.82) is 0 Å². The van der Waals surface area contributed by atoms with E-state index in [1.54, 1.807) is 11.4 Å². The minimum Gasteiger partial charge on any atom is -0.326 e. The minimum absolute atomic E-state index is 0.0219. The minimum atomic E-state index is -3.45. The second-order valence-electron chi connectivity index (χ2n) is 5.21. The van der Waals surface area contributed by atoms with E-state index in [1.807, 2.05) is 14.1 Å². The highest BCUT2D eigenvalue weighted by atomic mass is 32.2. The van der Waals surface area contributed by atoms with Crippen LogP contribution in [-0.2, 0) is 16.6 Å². The van der Waals surface area contributed by atoms with Crippen LogP contribution in [0.1, 0.15) is 24.1 Å². The average Bonchev–Trinajstić information content (AvgIpc) is 2.75. The first-order chi connectivity index (χ1) is 8.91. The summed E-state index contributed by atoms with van der Waals surface area (Å²) in [5, 5.41) is 1.77. The fraction of sp³-hybridized carbons (Fsp3) is 0.667. The maximum atomic E-state index is 12.3. The molecule has 1 saturated carbocycles. The van der Waals surface area contributed by atoms with Crippen LogP contribution in [0.5, 0.6) is 0 Å². The highest BCUT2D eigenvalue weighted by Crippen LogP contribution is 2.35. The maximum Gasteiger partial charge on any atom is 0.241 e. The number of rotatable bonds is 6. The SMILES string of the molecule is CN(C)C1(CNS(=O)(=O)c2ccsc2CN)CCC1. The largest absolute Gasteiger partial charge is 0.326 e. The van der Waals surface area contributed by atoms with Gasteiger partial charge in [-0.15, -0.1) is 11.3 Å². The molecule has 3 N–H and O–H groups in total. The molecule has 0 unspecified atom stereocenters. The molecule has 108 valence electrons. The first kappa shape index (κ1) is 14.9. The number of likely N-dealkylation sites (N-methyl/N-ethyl adjacent to an activating group) is 1. The molecule has 0 bridgehead atoms. The van der Waals surface area contributed by atoms with Crippen molar-refractivity contribution in [3.63, 3.8) is 0 Å².